The van der Waals surface area contributed by atoms with Crippen LogP contribution in [0.3, 0.4) is 0 Å². The van der Waals surface area contributed by atoms with E-state index in [4.69, 9.17) is 0 Å². The highest BCUT2D eigenvalue weighted by Crippen LogP contribution is 2.42. The van der Waals surface area contributed by atoms with Crippen LogP contribution in [0.25, 0.3) is 0 Å². The number of nitrogens with zero attached hydrogens (tertiary/aromatic N) is 2. The first-order valence-electron chi connectivity index (χ1n) is 16.7. The van der Waals surface area contributed by atoms with Gasteiger partial charge in [-0.15, -0.1) is 0 Å². The Hall–Kier alpha value is -1.54. The molecule has 1 aromatic carbocycles. The summed E-state index contributed by atoms with van der Waals surface area (Å²) in [6.07, 6.45) is 22.7. The molecule has 2 heteroatoms. The third-order valence-electron chi connectivity index (χ3n) is 11.1. The van der Waals surface area contributed by atoms with Gasteiger partial charge < -0.3 is 4.90 Å². The van der Waals surface area contributed by atoms with Gasteiger partial charge in [0, 0.05) is 30.4 Å². The third kappa shape index (κ3) is 8.72. The Balaban J connectivity index is 1.69. The van der Waals surface area contributed by atoms with Gasteiger partial charge in [-0.2, -0.15) is 0 Å². The molecule has 0 amide bonds. The van der Waals surface area contributed by atoms with Crippen LogP contribution in [-0.2, 0) is 0 Å². The van der Waals surface area contributed by atoms with E-state index >= 15 is 0 Å². The van der Waals surface area contributed by atoms with Gasteiger partial charge in [0.25, 0.3) is 0 Å². The molecule has 39 heavy (non-hydrogen) atoms. The molecule has 1 aliphatic heterocycles. The van der Waals surface area contributed by atoms with Gasteiger partial charge >= 0.3 is 0 Å². The Bertz CT molecular complexity index is 925. The fraction of sp³-hybridized carbons (Fsp3) is 0.730. The molecule has 2 aliphatic carbocycles. The van der Waals surface area contributed by atoms with Crippen molar-refractivity contribution >= 4 is 5.69 Å². The lowest BCUT2D eigenvalue weighted by atomic mass is 9.76. The molecule has 3 fully saturated rings. The molecule has 6 unspecified atom stereocenters. The van der Waals surface area contributed by atoms with Crippen molar-refractivity contribution in [1.82, 2.24) is 4.90 Å². The van der Waals surface area contributed by atoms with Crippen molar-refractivity contribution in [2.24, 2.45) is 17.8 Å². The molecule has 218 valence electrons. The largest absolute Gasteiger partial charge is 0.372 e. The fourth-order valence-electron chi connectivity index (χ4n) is 8.38. The summed E-state index contributed by atoms with van der Waals surface area (Å²) in [7, 11) is 4.93. The molecule has 0 N–H and O–H groups in total. The van der Waals surface area contributed by atoms with E-state index in [-0.39, 0.29) is 0 Å². The first-order valence-corrected chi connectivity index (χ1v) is 16.7. The number of aryl methyl sites for hydroxylation is 1. The number of anilines is 1. The summed E-state index contributed by atoms with van der Waals surface area (Å²) >= 11 is 0. The molecule has 2 saturated carbocycles. The van der Waals surface area contributed by atoms with Crippen molar-refractivity contribution in [3.8, 4) is 0 Å². The summed E-state index contributed by atoms with van der Waals surface area (Å²) in [5.74, 6) is 2.66. The Labute approximate surface area is 242 Å². The lowest BCUT2D eigenvalue weighted by Gasteiger charge is -2.48. The van der Waals surface area contributed by atoms with Crippen LogP contribution in [0, 0.1) is 24.7 Å². The maximum Gasteiger partial charge on any atom is 0.0368 e. The Morgan fingerprint density at radius 3 is 2.36 bits per heavy atom. The van der Waals surface area contributed by atoms with E-state index in [0.29, 0.717) is 17.6 Å². The topological polar surface area (TPSA) is 6.48 Å². The summed E-state index contributed by atoms with van der Waals surface area (Å²) in [4.78, 5) is 5.62. The normalized spacial score (nSPS) is 33.1. The van der Waals surface area contributed by atoms with Gasteiger partial charge in [0.1, 0.15) is 0 Å². The van der Waals surface area contributed by atoms with Crippen molar-refractivity contribution in [2.75, 3.05) is 19.0 Å². The standard InChI is InChI=1S/C37H60N2/c1-6-31-22-23-32-19-16-20-33-18-13-10-11-15-24-37(3,29-33)39(5)36(27-32)28-35(26-31)38(4)34-21-14-9-7-8-12-17-30(2)25-34/h7-9,12,14,17,21,25,31-33,35-36H,6,10-11,13,15-16,18-20,22-24,26-29H2,1-5H3. The Morgan fingerprint density at radius 1 is 0.821 bits per heavy atom. The average Bonchev–Trinajstić information content (AvgIpc) is 3.07. The molecule has 0 radical (unpaired) electrons. The zero-order valence-electron chi connectivity index (χ0n) is 26.2. The highest BCUT2D eigenvalue weighted by Gasteiger charge is 2.39. The number of rotatable bonds is 3. The van der Waals surface area contributed by atoms with E-state index in [2.05, 4.69) is 93.2 Å². The first-order chi connectivity index (χ1) is 18.9. The van der Waals surface area contributed by atoms with Crippen LogP contribution in [0.2, 0.25) is 0 Å². The number of fused-ring (bicyclic) bond motifs is 4. The first kappa shape index (κ1) is 30.4. The summed E-state index contributed by atoms with van der Waals surface area (Å²) in [6.45, 7) is 7.34. The molecule has 3 aliphatic rings. The lowest BCUT2D eigenvalue weighted by Crippen LogP contribution is -2.53. The maximum atomic E-state index is 2.95. The van der Waals surface area contributed by atoms with Crippen LogP contribution in [0.4, 0.5) is 5.69 Å². The second-order valence-electron chi connectivity index (χ2n) is 14.0. The minimum Gasteiger partial charge on any atom is -0.372 e. The van der Waals surface area contributed by atoms with E-state index in [1.54, 1.807) is 0 Å². The van der Waals surface area contributed by atoms with E-state index in [1.165, 1.54) is 114 Å². The van der Waals surface area contributed by atoms with Gasteiger partial charge in [0.15, 0.2) is 0 Å². The molecule has 4 rings (SSSR count). The Morgan fingerprint density at radius 2 is 1.54 bits per heavy atom. The van der Waals surface area contributed by atoms with Gasteiger partial charge in [-0.25, -0.2) is 0 Å². The van der Waals surface area contributed by atoms with E-state index < -0.39 is 0 Å². The predicted octanol–water partition coefficient (Wildman–Crippen LogP) is 10.1. The van der Waals surface area contributed by atoms with Gasteiger partial charge in [0.05, 0.1) is 0 Å². The van der Waals surface area contributed by atoms with Crippen LogP contribution in [0.15, 0.2) is 48.5 Å². The molecule has 0 aromatic heterocycles. The van der Waals surface area contributed by atoms with Crippen LogP contribution in [0.1, 0.15) is 122 Å². The SMILES string of the molecule is CCC1CCC2CCCC3CCCCCCC(C)(C3)N(C)C(C2)CC(N(C)c2cccccccc(C)c2)C1. The Kier molecular flexibility index (Phi) is 11.6. The van der Waals surface area contributed by atoms with Gasteiger partial charge in [-0.05, 0) is 88.4 Å². The smallest absolute Gasteiger partial charge is 0.0368 e. The molecule has 2 nitrogen and oxygen atoms in total. The van der Waals surface area contributed by atoms with Gasteiger partial charge in [-0.3, -0.25) is 4.90 Å². The second-order valence-corrected chi connectivity index (χ2v) is 14.0. The zero-order chi connectivity index (χ0) is 27.7. The molecule has 1 aromatic rings. The lowest BCUT2D eigenvalue weighted by molar-refractivity contribution is 0.0287. The van der Waals surface area contributed by atoms with Crippen LogP contribution >= 0.6 is 0 Å². The summed E-state index contributed by atoms with van der Waals surface area (Å²) in [5.41, 5.74) is 3.02. The minimum atomic E-state index is 0.342. The average molecular weight is 533 g/mol. The maximum absolute atomic E-state index is 2.95. The second kappa shape index (κ2) is 14.9. The molecule has 4 bridgehead atoms. The van der Waals surface area contributed by atoms with E-state index in [9.17, 15) is 0 Å². The van der Waals surface area contributed by atoms with Crippen molar-refractivity contribution in [3.63, 3.8) is 0 Å². The number of hydrogen-bond acceptors (Lipinski definition) is 2. The summed E-state index contributed by atoms with van der Waals surface area (Å²) < 4.78 is 0. The molecule has 1 heterocycles. The highest BCUT2D eigenvalue weighted by molar-refractivity contribution is 5.46. The monoisotopic (exact) mass is 532 g/mol. The molecular formula is C37H60N2. The number of hydrogen-bond donors (Lipinski definition) is 0. The molecule has 0 spiro atoms. The summed E-state index contributed by atoms with van der Waals surface area (Å²) in [6, 6.07) is 19.0. The fourth-order valence-corrected chi connectivity index (χ4v) is 8.38. The van der Waals surface area contributed by atoms with Gasteiger partial charge in [-0.1, -0.05) is 114 Å². The van der Waals surface area contributed by atoms with Crippen molar-refractivity contribution in [2.45, 2.75) is 141 Å². The van der Waals surface area contributed by atoms with Crippen molar-refractivity contribution in [3.05, 3.63) is 54.1 Å². The summed E-state index contributed by atoms with van der Waals surface area (Å²) in [5, 5.41) is 0. The van der Waals surface area contributed by atoms with Crippen molar-refractivity contribution in [1.29, 1.82) is 0 Å². The highest BCUT2D eigenvalue weighted by atomic mass is 15.2. The van der Waals surface area contributed by atoms with Crippen molar-refractivity contribution < 1.29 is 0 Å². The quantitative estimate of drug-likeness (QED) is 0.382. The molecule has 6 atom stereocenters. The molecular weight excluding hydrogens is 472 g/mol. The van der Waals surface area contributed by atoms with Crippen LogP contribution in [-0.4, -0.2) is 36.6 Å². The zero-order valence-corrected chi connectivity index (χ0v) is 26.2. The molecule has 1 saturated heterocycles. The third-order valence-corrected chi connectivity index (χ3v) is 11.1. The van der Waals surface area contributed by atoms with E-state index in [1.807, 2.05) is 0 Å². The predicted molar refractivity (Wildman–Crippen MR) is 171 cm³/mol. The van der Waals surface area contributed by atoms with E-state index in [0.717, 1.165) is 17.8 Å². The van der Waals surface area contributed by atoms with Crippen LogP contribution < -0.4 is 4.90 Å². The van der Waals surface area contributed by atoms with Gasteiger partial charge in [0.2, 0.25) is 0 Å². The minimum absolute atomic E-state index is 0.342. The van der Waals surface area contributed by atoms with Crippen LogP contribution in [0.5, 0.6) is 0 Å².